The molecule has 0 aromatic heterocycles. The van der Waals surface area contributed by atoms with Crippen LogP contribution in [0.5, 0.6) is 5.75 Å². The fraction of sp³-hybridized carbons (Fsp3) is 0.281. The number of anilines is 2. The van der Waals surface area contributed by atoms with Gasteiger partial charge in [0, 0.05) is 27.4 Å². The molecule has 0 radical (unpaired) electrons. The first-order valence-electron chi connectivity index (χ1n) is 13.0. The second-order valence-electron chi connectivity index (χ2n) is 11.4. The molecule has 1 fully saturated rings. The first-order chi connectivity index (χ1) is 18.6. The van der Waals surface area contributed by atoms with Gasteiger partial charge in [0.1, 0.15) is 17.2 Å². The number of halogens is 1. The van der Waals surface area contributed by atoms with E-state index in [2.05, 4.69) is 5.32 Å². The molecule has 0 bridgehead atoms. The quantitative estimate of drug-likeness (QED) is 0.415. The molecule has 4 atom stereocenters. The van der Waals surface area contributed by atoms with E-state index in [0.717, 1.165) is 16.8 Å². The van der Waals surface area contributed by atoms with E-state index in [1.165, 1.54) is 0 Å². The van der Waals surface area contributed by atoms with E-state index < -0.39 is 28.8 Å². The maximum atomic E-state index is 14.7. The Bertz CT molecular complexity index is 1560. The molecule has 1 spiro atoms. The Labute approximate surface area is 232 Å². The monoisotopic (exact) mass is 540 g/mol. The highest BCUT2D eigenvalue weighted by Crippen LogP contribution is 2.58. The molecule has 6 rings (SSSR count). The third kappa shape index (κ3) is 3.58. The van der Waals surface area contributed by atoms with Gasteiger partial charge in [-0.1, -0.05) is 62.7 Å². The van der Waals surface area contributed by atoms with Crippen molar-refractivity contribution < 1.29 is 19.1 Å². The fourth-order valence-electron chi connectivity index (χ4n) is 6.53. The van der Waals surface area contributed by atoms with Crippen LogP contribution < -0.4 is 15.0 Å². The van der Waals surface area contributed by atoms with E-state index in [4.69, 9.17) is 16.3 Å². The molecule has 1 amide bonds. The zero-order chi connectivity index (χ0) is 27.7. The van der Waals surface area contributed by atoms with Crippen LogP contribution in [0, 0.1) is 11.3 Å². The first-order valence-corrected chi connectivity index (χ1v) is 13.4. The highest BCUT2D eigenvalue weighted by Gasteiger charge is 2.70. The molecule has 3 aromatic rings. The Balaban J connectivity index is 1.66. The number of nitrogens with one attached hydrogen (secondary N) is 1. The summed E-state index contributed by atoms with van der Waals surface area (Å²) in [6.07, 6.45) is 3.89. The van der Waals surface area contributed by atoms with Crippen molar-refractivity contribution in [2.75, 3.05) is 17.3 Å². The lowest BCUT2D eigenvalue weighted by atomic mass is 9.63. The van der Waals surface area contributed by atoms with Crippen LogP contribution in [-0.2, 0) is 15.0 Å². The van der Waals surface area contributed by atoms with Crippen molar-refractivity contribution in [3.8, 4) is 5.75 Å². The van der Waals surface area contributed by atoms with Gasteiger partial charge in [-0.3, -0.25) is 14.4 Å². The predicted molar refractivity (Wildman–Crippen MR) is 153 cm³/mol. The van der Waals surface area contributed by atoms with Gasteiger partial charge in [-0.15, -0.1) is 0 Å². The van der Waals surface area contributed by atoms with Gasteiger partial charge >= 0.3 is 0 Å². The summed E-state index contributed by atoms with van der Waals surface area (Å²) in [5, 5.41) is 3.61. The number of nitrogens with zero attached hydrogens (tertiary/aromatic N) is 1. The lowest BCUT2D eigenvalue weighted by Gasteiger charge is -2.38. The normalized spacial score (nSPS) is 24.7. The summed E-state index contributed by atoms with van der Waals surface area (Å²) in [6.45, 7) is 5.57. The lowest BCUT2D eigenvalue weighted by Crippen LogP contribution is -2.51. The molecule has 198 valence electrons. The van der Waals surface area contributed by atoms with Crippen LogP contribution in [0.3, 0.4) is 0 Å². The SMILES string of the molecule is COc1ccc(C(=O)[C@@H]2[C@@H](C(=O)C(C)(C)C)N3c4ccc(Cl)cc4C=C[C@@H]3[C@@]23C(=O)Nc2ccccc23)cc1. The zero-order valence-electron chi connectivity index (χ0n) is 22.2. The standard InChI is InChI=1S/C32H29ClN2O4/c1-31(2,3)29(37)27-26(28(36)18-9-13-21(39-4)14-10-18)32(22-7-5-6-8-23(22)34-30(32)38)25-16-11-19-17-20(33)12-15-24(19)35(25)27/h5-17,25-27H,1-4H3,(H,34,38)/t25-,26+,27+,32-/m1/s1. The lowest BCUT2D eigenvalue weighted by molar-refractivity contribution is -0.128. The minimum Gasteiger partial charge on any atom is -0.497 e. The van der Waals surface area contributed by atoms with Crippen LogP contribution in [-0.4, -0.2) is 36.7 Å². The number of ketones is 2. The van der Waals surface area contributed by atoms with Crippen LogP contribution in [0.2, 0.25) is 5.02 Å². The van der Waals surface area contributed by atoms with Gasteiger partial charge in [-0.25, -0.2) is 0 Å². The van der Waals surface area contributed by atoms with E-state index in [1.54, 1.807) is 37.4 Å². The smallest absolute Gasteiger partial charge is 0.238 e. The molecule has 0 aliphatic carbocycles. The van der Waals surface area contributed by atoms with Crippen LogP contribution >= 0.6 is 11.6 Å². The molecule has 3 aliphatic rings. The van der Waals surface area contributed by atoms with E-state index in [-0.39, 0.29) is 17.5 Å². The van der Waals surface area contributed by atoms with Gasteiger partial charge in [0.2, 0.25) is 5.91 Å². The Kier molecular flexibility index (Phi) is 5.74. The molecule has 3 aliphatic heterocycles. The number of para-hydroxylation sites is 1. The minimum atomic E-state index is -1.33. The van der Waals surface area contributed by atoms with Crippen LogP contribution in [0.25, 0.3) is 6.08 Å². The topological polar surface area (TPSA) is 75.7 Å². The number of hydrogen-bond donors (Lipinski definition) is 1. The highest BCUT2D eigenvalue weighted by atomic mass is 35.5. The molecule has 0 unspecified atom stereocenters. The summed E-state index contributed by atoms with van der Waals surface area (Å²) in [7, 11) is 1.56. The third-order valence-corrected chi connectivity index (χ3v) is 8.49. The van der Waals surface area contributed by atoms with Gasteiger partial charge in [0.25, 0.3) is 0 Å². The van der Waals surface area contributed by atoms with Crippen LogP contribution in [0.4, 0.5) is 11.4 Å². The Morgan fingerprint density at radius 2 is 1.74 bits per heavy atom. The van der Waals surface area contributed by atoms with Gasteiger partial charge in [0.15, 0.2) is 11.6 Å². The van der Waals surface area contributed by atoms with E-state index in [0.29, 0.717) is 22.0 Å². The summed E-state index contributed by atoms with van der Waals surface area (Å²) in [6, 6.07) is 18.4. The van der Waals surface area contributed by atoms with Gasteiger partial charge in [0.05, 0.1) is 19.1 Å². The Hall–Kier alpha value is -3.90. The molecular weight excluding hydrogens is 512 g/mol. The molecule has 3 heterocycles. The molecule has 39 heavy (non-hydrogen) atoms. The second-order valence-corrected chi connectivity index (χ2v) is 11.8. The molecule has 3 aromatic carbocycles. The summed E-state index contributed by atoms with van der Waals surface area (Å²) >= 11 is 6.34. The van der Waals surface area contributed by atoms with Gasteiger partial charge in [-0.2, -0.15) is 0 Å². The maximum absolute atomic E-state index is 14.7. The number of ether oxygens (including phenoxy) is 1. The average molecular weight is 541 g/mol. The molecule has 6 nitrogen and oxygen atoms in total. The van der Waals surface area contributed by atoms with Gasteiger partial charge < -0.3 is 15.0 Å². The van der Waals surface area contributed by atoms with Crippen molar-refractivity contribution in [1.82, 2.24) is 0 Å². The number of carbonyl (C=O) groups is 3. The van der Waals surface area contributed by atoms with E-state index in [9.17, 15) is 14.4 Å². The van der Waals surface area contributed by atoms with Crippen molar-refractivity contribution >= 4 is 46.5 Å². The first kappa shape index (κ1) is 25.4. The number of methoxy groups -OCH3 is 1. The number of hydrogen-bond acceptors (Lipinski definition) is 5. The van der Waals surface area contributed by atoms with Crippen molar-refractivity contribution in [3.63, 3.8) is 0 Å². The van der Waals surface area contributed by atoms with Crippen molar-refractivity contribution in [1.29, 1.82) is 0 Å². The average Bonchev–Trinajstić information content (AvgIpc) is 3.39. The van der Waals surface area contributed by atoms with Crippen molar-refractivity contribution in [2.45, 2.75) is 38.3 Å². The molecular formula is C32H29ClN2O4. The van der Waals surface area contributed by atoms with Crippen LogP contribution in [0.1, 0.15) is 42.3 Å². The van der Waals surface area contributed by atoms with Gasteiger partial charge in [-0.05, 0) is 59.7 Å². The fourth-order valence-corrected chi connectivity index (χ4v) is 6.71. The van der Waals surface area contributed by atoms with E-state index in [1.807, 2.05) is 74.2 Å². The highest BCUT2D eigenvalue weighted by molar-refractivity contribution is 6.31. The zero-order valence-corrected chi connectivity index (χ0v) is 23.0. The number of rotatable bonds is 4. The maximum Gasteiger partial charge on any atom is 0.238 e. The number of fused-ring (bicyclic) bond motifs is 6. The molecule has 0 saturated carbocycles. The van der Waals surface area contributed by atoms with Crippen molar-refractivity contribution in [3.05, 3.63) is 94.5 Å². The molecule has 7 heteroatoms. The largest absolute Gasteiger partial charge is 0.497 e. The predicted octanol–water partition coefficient (Wildman–Crippen LogP) is 5.94. The summed E-state index contributed by atoms with van der Waals surface area (Å²) in [5.74, 6) is -1.02. The minimum absolute atomic E-state index is 0.107. The molecule has 1 saturated heterocycles. The number of Topliss-reactive ketones (excluding diaryl/α,β-unsaturated/α-hetero) is 2. The summed E-state index contributed by atoms with van der Waals surface area (Å²) < 4.78 is 5.30. The summed E-state index contributed by atoms with van der Waals surface area (Å²) in [4.78, 5) is 45.3. The molecule has 1 N–H and O–H groups in total. The number of amides is 1. The Morgan fingerprint density at radius 1 is 1.03 bits per heavy atom. The number of benzene rings is 3. The number of carbonyl (C=O) groups excluding carboxylic acids is 3. The van der Waals surface area contributed by atoms with Crippen LogP contribution in [0.15, 0.2) is 72.8 Å². The second kappa shape index (κ2) is 8.82. The third-order valence-electron chi connectivity index (χ3n) is 8.26. The Morgan fingerprint density at radius 3 is 2.44 bits per heavy atom. The summed E-state index contributed by atoms with van der Waals surface area (Å²) in [5.41, 5.74) is 1.32. The van der Waals surface area contributed by atoms with E-state index >= 15 is 0 Å². The van der Waals surface area contributed by atoms with Crippen molar-refractivity contribution in [2.24, 2.45) is 11.3 Å².